The third-order valence-electron chi connectivity index (χ3n) is 5.55. The molecule has 2 aromatic rings. The minimum Gasteiger partial charge on any atom is -0.493 e. The Morgan fingerprint density at radius 1 is 0.724 bits per heavy atom. The van der Waals surface area contributed by atoms with E-state index in [2.05, 4.69) is 28.0 Å². The Balaban J connectivity index is 1.36. The molecular formula is C23H30Cl2N2O2. The maximum Gasteiger partial charge on any atom is 0.160 e. The molecule has 0 bridgehead atoms. The predicted octanol–water partition coefficient (Wildman–Crippen LogP) is 4.80. The predicted molar refractivity (Wildman–Crippen MR) is 121 cm³/mol. The van der Waals surface area contributed by atoms with Crippen LogP contribution >= 0.6 is 23.2 Å². The Kier molecular flexibility index (Phi) is 8.49. The first-order valence-electron chi connectivity index (χ1n) is 10.2. The molecule has 1 heterocycles. The Morgan fingerprint density at radius 3 is 2.00 bits per heavy atom. The van der Waals surface area contributed by atoms with E-state index in [4.69, 9.17) is 32.7 Å². The summed E-state index contributed by atoms with van der Waals surface area (Å²) < 4.78 is 10.7. The number of hydrogen-bond acceptors (Lipinski definition) is 4. The van der Waals surface area contributed by atoms with Crippen LogP contribution in [0, 0.1) is 0 Å². The number of piperazine rings is 1. The van der Waals surface area contributed by atoms with Gasteiger partial charge >= 0.3 is 0 Å². The van der Waals surface area contributed by atoms with E-state index < -0.39 is 0 Å². The van der Waals surface area contributed by atoms with E-state index in [9.17, 15) is 0 Å². The zero-order valence-electron chi connectivity index (χ0n) is 17.3. The monoisotopic (exact) mass is 435 g/mol. The fraction of sp³-hybridized carbons (Fsp3) is 0.478. The third kappa shape index (κ3) is 6.51. The van der Waals surface area contributed by atoms with Crippen LogP contribution in [0.25, 0.3) is 0 Å². The molecule has 0 amide bonds. The molecule has 1 fully saturated rings. The van der Waals surface area contributed by atoms with E-state index in [1.165, 1.54) is 11.1 Å². The molecule has 0 aromatic heterocycles. The number of benzene rings is 2. The van der Waals surface area contributed by atoms with Gasteiger partial charge in [0.05, 0.1) is 24.3 Å². The highest BCUT2D eigenvalue weighted by Crippen LogP contribution is 2.28. The van der Waals surface area contributed by atoms with Crippen LogP contribution in [-0.4, -0.2) is 63.3 Å². The Hall–Kier alpha value is -1.46. The van der Waals surface area contributed by atoms with Crippen molar-refractivity contribution in [1.82, 2.24) is 9.80 Å². The van der Waals surface area contributed by atoms with Gasteiger partial charge in [0, 0.05) is 32.7 Å². The summed E-state index contributed by atoms with van der Waals surface area (Å²) in [5.74, 6) is 1.59. The Labute approximate surface area is 184 Å². The maximum atomic E-state index is 6.10. The van der Waals surface area contributed by atoms with Gasteiger partial charge in [0.2, 0.25) is 0 Å². The number of aryl methyl sites for hydroxylation is 1. The lowest BCUT2D eigenvalue weighted by Gasteiger charge is -2.34. The second-order valence-electron chi connectivity index (χ2n) is 7.47. The van der Waals surface area contributed by atoms with Gasteiger partial charge in [-0.1, -0.05) is 35.3 Å². The van der Waals surface area contributed by atoms with Crippen LogP contribution in [0.5, 0.6) is 11.5 Å². The number of halogens is 2. The fourth-order valence-corrected chi connectivity index (χ4v) is 4.08. The molecule has 0 unspecified atom stereocenters. The summed E-state index contributed by atoms with van der Waals surface area (Å²) in [4.78, 5) is 5.11. The first kappa shape index (κ1) is 22.2. The van der Waals surface area contributed by atoms with Crippen molar-refractivity contribution in [1.29, 1.82) is 0 Å². The number of rotatable bonds is 9. The summed E-state index contributed by atoms with van der Waals surface area (Å²) in [6.07, 6.45) is 3.21. The second-order valence-corrected chi connectivity index (χ2v) is 8.29. The average molecular weight is 436 g/mol. The molecule has 0 spiro atoms. The Morgan fingerprint density at radius 2 is 1.34 bits per heavy atom. The number of methoxy groups -OCH3 is 2. The lowest BCUT2D eigenvalue weighted by Crippen LogP contribution is -2.47. The molecule has 1 aliphatic rings. The third-order valence-corrected chi connectivity index (χ3v) is 6.29. The van der Waals surface area contributed by atoms with Gasteiger partial charge in [-0.2, -0.15) is 0 Å². The average Bonchev–Trinajstić information content (AvgIpc) is 2.75. The first-order valence-corrected chi connectivity index (χ1v) is 10.9. The van der Waals surface area contributed by atoms with Crippen LogP contribution in [0.2, 0.25) is 10.0 Å². The van der Waals surface area contributed by atoms with Crippen LogP contribution in [0.3, 0.4) is 0 Å². The van der Waals surface area contributed by atoms with Gasteiger partial charge < -0.3 is 19.3 Å². The molecule has 0 radical (unpaired) electrons. The zero-order valence-corrected chi connectivity index (χ0v) is 18.8. The lowest BCUT2D eigenvalue weighted by atomic mass is 10.1. The van der Waals surface area contributed by atoms with Gasteiger partial charge in [-0.25, -0.2) is 0 Å². The highest BCUT2D eigenvalue weighted by Gasteiger charge is 2.16. The highest BCUT2D eigenvalue weighted by atomic mass is 35.5. The van der Waals surface area contributed by atoms with Crippen LogP contribution in [0.15, 0.2) is 36.4 Å². The van der Waals surface area contributed by atoms with Crippen LogP contribution in [-0.2, 0) is 12.8 Å². The van der Waals surface area contributed by atoms with Gasteiger partial charge in [0.15, 0.2) is 11.5 Å². The highest BCUT2D eigenvalue weighted by molar-refractivity contribution is 6.42. The lowest BCUT2D eigenvalue weighted by molar-refractivity contribution is 0.132. The topological polar surface area (TPSA) is 24.9 Å². The molecule has 158 valence electrons. The van der Waals surface area contributed by atoms with Crippen LogP contribution in [0.1, 0.15) is 17.5 Å². The Bertz CT molecular complexity index is 792. The molecule has 0 N–H and O–H groups in total. The largest absolute Gasteiger partial charge is 0.493 e. The van der Waals surface area contributed by atoms with Gasteiger partial charge in [-0.3, -0.25) is 0 Å². The molecule has 2 aromatic carbocycles. The number of nitrogens with zero attached hydrogens (tertiary/aromatic N) is 2. The second kappa shape index (κ2) is 11.1. The number of ether oxygens (including phenoxy) is 2. The zero-order chi connectivity index (χ0) is 20.6. The smallest absolute Gasteiger partial charge is 0.160 e. The molecule has 1 saturated heterocycles. The van der Waals surface area contributed by atoms with Crippen LogP contribution < -0.4 is 9.47 Å². The van der Waals surface area contributed by atoms with Crippen molar-refractivity contribution in [3.05, 3.63) is 57.6 Å². The molecule has 6 heteroatoms. The quantitative estimate of drug-likeness (QED) is 0.564. The van der Waals surface area contributed by atoms with Gasteiger partial charge in [-0.15, -0.1) is 0 Å². The van der Waals surface area contributed by atoms with E-state index in [-0.39, 0.29) is 0 Å². The minimum atomic E-state index is 0.625. The molecule has 1 aliphatic heterocycles. The molecule has 0 aliphatic carbocycles. The normalized spacial score (nSPS) is 15.4. The van der Waals surface area contributed by atoms with Crippen molar-refractivity contribution in [2.45, 2.75) is 19.3 Å². The van der Waals surface area contributed by atoms with Crippen molar-refractivity contribution in [2.75, 3.05) is 53.5 Å². The van der Waals surface area contributed by atoms with Crippen molar-refractivity contribution in [2.24, 2.45) is 0 Å². The van der Waals surface area contributed by atoms with Crippen molar-refractivity contribution < 1.29 is 9.47 Å². The minimum absolute atomic E-state index is 0.625. The SMILES string of the molecule is COc1cc(CCN2CCN(CCCc3ccc(Cl)c(Cl)c3)CC2)ccc1O[11CH3]. The summed E-state index contributed by atoms with van der Waals surface area (Å²) in [6, 6.07) is 12.1. The first-order chi connectivity index (χ1) is 14.1. The summed E-state index contributed by atoms with van der Waals surface area (Å²) in [5, 5.41) is 1.27. The maximum absolute atomic E-state index is 6.10. The molecule has 29 heavy (non-hydrogen) atoms. The van der Waals surface area contributed by atoms with E-state index in [1.54, 1.807) is 14.2 Å². The van der Waals surface area contributed by atoms with Crippen LogP contribution in [0.4, 0.5) is 0 Å². The summed E-state index contributed by atoms with van der Waals surface area (Å²) in [5.41, 5.74) is 2.54. The summed E-state index contributed by atoms with van der Waals surface area (Å²) in [7, 11) is 3.35. The molecule has 4 nitrogen and oxygen atoms in total. The van der Waals surface area contributed by atoms with Gasteiger partial charge in [0.25, 0.3) is 0 Å². The molecular weight excluding hydrogens is 406 g/mol. The van der Waals surface area contributed by atoms with E-state index in [0.29, 0.717) is 10.0 Å². The van der Waals surface area contributed by atoms with Crippen molar-refractivity contribution in [3.63, 3.8) is 0 Å². The standard InChI is InChI=1S/C23H30Cl2N2O2/c1-28-22-8-6-19(17-23(22)29-2)9-11-27-14-12-26(13-15-27)10-3-4-18-5-7-20(24)21(25)16-18/h5-8,16-17H,3-4,9-15H2,1-2H3/i1-1. The molecule has 0 atom stereocenters. The summed E-state index contributed by atoms with van der Waals surface area (Å²) >= 11 is 12.1. The van der Waals surface area contributed by atoms with Crippen molar-refractivity contribution in [3.8, 4) is 11.5 Å². The van der Waals surface area contributed by atoms with Gasteiger partial charge in [-0.05, 0) is 61.2 Å². The van der Waals surface area contributed by atoms with E-state index in [1.807, 2.05) is 18.2 Å². The van der Waals surface area contributed by atoms with Crippen molar-refractivity contribution >= 4 is 23.2 Å². The fourth-order valence-electron chi connectivity index (χ4n) is 3.76. The van der Waals surface area contributed by atoms with Gasteiger partial charge in [0.1, 0.15) is 0 Å². The number of hydrogen-bond donors (Lipinski definition) is 0. The molecule has 0 saturated carbocycles. The van der Waals surface area contributed by atoms with E-state index in [0.717, 1.165) is 70.0 Å². The van der Waals surface area contributed by atoms with E-state index >= 15 is 0 Å². The molecule has 3 rings (SSSR count). The summed E-state index contributed by atoms with van der Waals surface area (Å²) in [6.45, 7) is 6.72.